The number of nitrogens with zero attached hydrogens (tertiary/aromatic N) is 1. The highest BCUT2D eigenvalue weighted by atomic mass is 32.1. The van der Waals surface area contributed by atoms with Crippen LogP contribution in [-0.2, 0) is 15.9 Å². The zero-order valence-electron chi connectivity index (χ0n) is 13.9. The van der Waals surface area contributed by atoms with Crippen LogP contribution in [0.2, 0.25) is 0 Å². The van der Waals surface area contributed by atoms with Crippen molar-refractivity contribution in [1.29, 1.82) is 0 Å². The van der Waals surface area contributed by atoms with Gasteiger partial charge in [-0.3, -0.25) is 0 Å². The highest BCUT2D eigenvalue weighted by Gasteiger charge is 2.40. The van der Waals surface area contributed by atoms with E-state index in [-0.39, 0.29) is 23.9 Å². The fourth-order valence-corrected chi connectivity index (χ4v) is 4.03. The number of carbonyl (C=O) groups excluding carboxylic acids is 1. The zero-order valence-corrected chi connectivity index (χ0v) is 14.7. The molecule has 6 heteroatoms. The van der Waals surface area contributed by atoms with Gasteiger partial charge in [0.2, 0.25) is 0 Å². The summed E-state index contributed by atoms with van der Waals surface area (Å²) < 4.78 is 11.5. The first-order chi connectivity index (χ1) is 11.1. The van der Waals surface area contributed by atoms with Crippen LogP contribution in [0.3, 0.4) is 0 Å². The number of thiophene rings is 1. The third-order valence-corrected chi connectivity index (χ3v) is 5.71. The summed E-state index contributed by atoms with van der Waals surface area (Å²) in [6.07, 6.45) is 4.46. The molecule has 5 nitrogen and oxygen atoms in total. The highest BCUT2D eigenvalue weighted by molar-refractivity contribution is 7.07. The Bertz CT molecular complexity index is 504. The Kier molecular flexibility index (Phi) is 5.24. The van der Waals surface area contributed by atoms with Gasteiger partial charge in [0.15, 0.2) is 5.79 Å². The Hall–Kier alpha value is -1.11. The van der Waals surface area contributed by atoms with Crippen molar-refractivity contribution in [1.82, 2.24) is 10.2 Å². The first-order valence-electron chi connectivity index (χ1n) is 8.40. The largest absolute Gasteiger partial charge is 0.348 e. The molecule has 1 spiro atoms. The Morgan fingerprint density at radius 3 is 2.74 bits per heavy atom. The lowest BCUT2D eigenvalue weighted by Crippen LogP contribution is -2.49. The number of rotatable bonds is 4. The second-order valence-corrected chi connectivity index (χ2v) is 7.41. The van der Waals surface area contributed by atoms with Crippen molar-refractivity contribution in [2.45, 2.75) is 56.9 Å². The highest BCUT2D eigenvalue weighted by Crippen LogP contribution is 2.35. The van der Waals surface area contributed by atoms with Gasteiger partial charge in [0.05, 0.1) is 13.2 Å². The molecular weight excluding hydrogens is 312 g/mol. The van der Waals surface area contributed by atoms with E-state index in [0.29, 0.717) is 13.2 Å². The Morgan fingerprint density at radius 1 is 1.43 bits per heavy atom. The van der Waals surface area contributed by atoms with E-state index >= 15 is 0 Å². The summed E-state index contributed by atoms with van der Waals surface area (Å²) in [6, 6.07) is 2.54. The lowest BCUT2D eigenvalue weighted by Gasteiger charge is -2.36. The maximum Gasteiger partial charge on any atom is 0.317 e. The smallest absolute Gasteiger partial charge is 0.317 e. The number of likely N-dealkylation sites (N-methyl/N-ethyl adjacent to an activating group) is 1. The van der Waals surface area contributed by atoms with Crippen LogP contribution in [0.5, 0.6) is 0 Å². The summed E-state index contributed by atoms with van der Waals surface area (Å²) in [5.74, 6) is -0.362. The lowest BCUT2D eigenvalue weighted by atomic mass is 9.90. The maximum atomic E-state index is 12.4. The van der Waals surface area contributed by atoms with Gasteiger partial charge in [0.1, 0.15) is 0 Å². The molecule has 0 radical (unpaired) electrons. The second kappa shape index (κ2) is 7.20. The number of ether oxygens (including phenoxy) is 2. The SMILES string of the molecule is CC(Cc1ccsc1)N(C)C(=O)NC1CCC2(CC1)OCCO2. The van der Waals surface area contributed by atoms with Gasteiger partial charge in [-0.1, -0.05) is 0 Å². The van der Waals surface area contributed by atoms with Crippen LogP contribution in [0.1, 0.15) is 38.2 Å². The molecule has 1 N–H and O–H groups in total. The van der Waals surface area contributed by atoms with Gasteiger partial charge in [-0.05, 0) is 48.6 Å². The van der Waals surface area contributed by atoms with E-state index < -0.39 is 0 Å². The average Bonchev–Trinajstić information content (AvgIpc) is 3.21. The molecule has 128 valence electrons. The average molecular weight is 338 g/mol. The lowest BCUT2D eigenvalue weighted by molar-refractivity contribution is -0.179. The van der Waals surface area contributed by atoms with Crippen LogP contribution in [0.15, 0.2) is 16.8 Å². The van der Waals surface area contributed by atoms with Crippen molar-refractivity contribution in [2.24, 2.45) is 0 Å². The van der Waals surface area contributed by atoms with Crippen LogP contribution in [0.4, 0.5) is 4.79 Å². The van der Waals surface area contributed by atoms with Crippen molar-refractivity contribution < 1.29 is 14.3 Å². The standard InChI is InChI=1S/C17H26N2O3S/c1-13(11-14-5-10-23-12-14)19(2)16(20)18-15-3-6-17(7-4-15)21-8-9-22-17/h5,10,12-13,15H,3-4,6-9,11H2,1-2H3,(H,18,20). The van der Waals surface area contributed by atoms with Gasteiger partial charge in [0.25, 0.3) is 0 Å². The molecule has 1 aromatic heterocycles. The number of nitrogens with one attached hydrogen (secondary N) is 1. The van der Waals surface area contributed by atoms with E-state index in [4.69, 9.17) is 9.47 Å². The van der Waals surface area contributed by atoms with E-state index in [2.05, 4.69) is 29.1 Å². The van der Waals surface area contributed by atoms with E-state index in [0.717, 1.165) is 32.1 Å². The molecule has 23 heavy (non-hydrogen) atoms. The molecule has 1 aromatic rings. The van der Waals surface area contributed by atoms with Crippen molar-refractivity contribution >= 4 is 17.4 Å². The third kappa shape index (κ3) is 4.05. The topological polar surface area (TPSA) is 50.8 Å². The van der Waals surface area contributed by atoms with Crippen molar-refractivity contribution in [3.8, 4) is 0 Å². The van der Waals surface area contributed by atoms with Crippen LogP contribution < -0.4 is 5.32 Å². The summed E-state index contributed by atoms with van der Waals surface area (Å²) in [6.45, 7) is 3.48. The van der Waals surface area contributed by atoms with Gasteiger partial charge in [0, 0.05) is 32.0 Å². The van der Waals surface area contributed by atoms with Crippen LogP contribution in [-0.4, -0.2) is 49.1 Å². The molecule has 0 bridgehead atoms. The number of urea groups is 1. The molecule has 2 fully saturated rings. The summed E-state index contributed by atoms with van der Waals surface area (Å²) in [7, 11) is 1.87. The quantitative estimate of drug-likeness (QED) is 0.918. The summed E-state index contributed by atoms with van der Waals surface area (Å²) in [4.78, 5) is 14.3. The Morgan fingerprint density at radius 2 is 2.13 bits per heavy atom. The van der Waals surface area contributed by atoms with E-state index in [1.165, 1.54) is 5.56 Å². The molecule has 1 aliphatic carbocycles. The van der Waals surface area contributed by atoms with Gasteiger partial charge in [-0.2, -0.15) is 11.3 Å². The molecule has 2 aliphatic rings. The van der Waals surface area contributed by atoms with Crippen LogP contribution >= 0.6 is 11.3 Å². The first-order valence-corrected chi connectivity index (χ1v) is 9.35. The fraction of sp³-hybridized carbons (Fsp3) is 0.706. The molecule has 1 aliphatic heterocycles. The second-order valence-electron chi connectivity index (χ2n) is 6.63. The van der Waals surface area contributed by atoms with E-state index in [1.807, 2.05) is 11.9 Å². The molecule has 2 heterocycles. The molecule has 3 rings (SSSR count). The zero-order chi connectivity index (χ0) is 16.3. The summed E-state index contributed by atoms with van der Waals surface area (Å²) in [5.41, 5.74) is 1.29. The number of amides is 2. The molecular formula is C17H26N2O3S. The van der Waals surface area contributed by atoms with E-state index in [1.54, 1.807) is 11.3 Å². The van der Waals surface area contributed by atoms with Crippen molar-refractivity contribution in [2.75, 3.05) is 20.3 Å². The predicted molar refractivity (Wildman–Crippen MR) is 90.7 cm³/mol. The number of hydrogen-bond donors (Lipinski definition) is 1. The third-order valence-electron chi connectivity index (χ3n) is 4.98. The summed E-state index contributed by atoms with van der Waals surface area (Å²) >= 11 is 1.70. The minimum Gasteiger partial charge on any atom is -0.348 e. The molecule has 1 unspecified atom stereocenters. The Labute approximate surface area is 142 Å². The fourth-order valence-electron chi connectivity index (χ4n) is 3.35. The van der Waals surface area contributed by atoms with Gasteiger partial charge in [-0.15, -0.1) is 0 Å². The normalized spacial score (nSPS) is 22.2. The van der Waals surface area contributed by atoms with Gasteiger partial charge in [-0.25, -0.2) is 4.79 Å². The van der Waals surface area contributed by atoms with Crippen molar-refractivity contribution in [3.63, 3.8) is 0 Å². The van der Waals surface area contributed by atoms with Gasteiger partial charge >= 0.3 is 6.03 Å². The molecule has 1 saturated heterocycles. The monoisotopic (exact) mass is 338 g/mol. The Balaban J connectivity index is 1.45. The molecule has 1 atom stereocenters. The predicted octanol–water partition coefficient (Wildman–Crippen LogP) is 3.01. The molecule has 1 saturated carbocycles. The number of carbonyl (C=O) groups is 1. The maximum absolute atomic E-state index is 12.4. The summed E-state index contributed by atoms with van der Waals surface area (Å²) in [5, 5.41) is 7.38. The van der Waals surface area contributed by atoms with E-state index in [9.17, 15) is 4.79 Å². The molecule has 2 amide bonds. The van der Waals surface area contributed by atoms with Gasteiger partial charge < -0.3 is 19.7 Å². The van der Waals surface area contributed by atoms with Crippen LogP contribution in [0, 0.1) is 0 Å². The molecule has 0 aromatic carbocycles. The minimum atomic E-state index is -0.362. The number of hydrogen-bond acceptors (Lipinski definition) is 4. The van der Waals surface area contributed by atoms with Crippen molar-refractivity contribution in [3.05, 3.63) is 22.4 Å². The minimum absolute atomic E-state index is 0.0157. The first kappa shape index (κ1) is 16.7. The van der Waals surface area contributed by atoms with Crippen LogP contribution in [0.25, 0.3) is 0 Å².